The van der Waals surface area contributed by atoms with Crippen molar-refractivity contribution in [2.24, 2.45) is 0 Å². The van der Waals surface area contributed by atoms with Crippen LogP contribution < -0.4 is 5.32 Å². The fourth-order valence-electron chi connectivity index (χ4n) is 5.06. The highest BCUT2D eigenvalue weighted by Crippen LogP contribution is 2.33. The molecule has 36 heavy (non-hydrogen) atoms. The van der Waals surface area contributed by atoms with Crippen molar-refractivity contribution in [3.05, 3.63) is 113 Å². The van der Waals surface area contributed by atoms with Gasteiger partial charge in [-0.2, -0.15) is 0 Å². The predicted molar refractivity (Wildman–Crippen MR) is 141 cm³/mol. The molecule has 0 radical (unpaired) electrons. The van der Waals surface area contributed by atoms with Crippen LogP contribution in [0.5, 0.6) is 0 Å². The van der Waals surface area contributed by atoms with Crippen LogP contribution in [0.1, 0.15) is 51.8 Å². The second-order valence-electron chi connectivity index (χ2n) is 9.34. The molecule has 4 aromatic carbocycles. The molecule has 1 aliphatic rings. The van der Waals surface area contributed by atoms with Crippen LogP contribution in [0, 0.1) is 0 Å². The maximum absolute atomic E-state index is 13.4. The molecule has 0 aromatic heterocycles. The number of amides is 1. The van der Waals surface area contributed by atoms with Crippen LogP contribution >= 0.6 is 0 Å². The molecular formula is C30H27NO4S. The predicted octanol–water partition coefficient (Wildman–Crippen LogP) is 5.40. The fraction of sp³-hybridized carbons (Fsp3) is 0.200. The summed E-state index contributed by atoms with van der Waals surface area (Å²) in [6, 6.07) is 27.6. The highest BCUT2D eigenvalue weighted by Gasteiger charge is 2.28. The van der Waals surface area contributed by atoms with Crippen LogP contribution in [0.15, 0.2) is 95.9 Å². The van der Waals surface area contributed by atoms with Gasteiger partial charge in [0.05, 0.1) is 16.7 Å². The van der Waals surface area contributed by atoms with Gasteiger partial charge in [-0.1, -0.05) is 72.8 Å². The first-order chi connectivity index (χ1) is 17.4. The Kier molecular flexibility index (Phi) is 6.70. The van der Waals surface area contributed by atoms with E-state index in [0.717, 1.165) is 46.6 Å². The SMILES string of the molecule is O=Cc1ccc2c(c1)CCC2NC(=O)CC(CS(=O)(=O)c1ccc2ccccc2c1)c1ccccc1. The number of hydrogen-bond acceptors (Lipinski definition) is 4. The average Bonchev–Trinajstić information content (AvgIpc) is 3.30. The molecule has 2 unspecified atom stereocenters. The molecule has 0 aliphatic heterocycles. The summed E-state index contributed by atoms with van der Waals surface area (Å²) in [7, 11) is -3.64. The number of rotatable bonds is 8. The van der Waals surface area contributed by atoms with E-state index in [1.54, 1.807) is 18.2 Å². The summed E-state index contributed by atoms with van der Waals surface area (Å²) in [4.78, 5) is 24.5. The quantitative estimate of drug-likeness (QED) is 0.331. The number of aryl methyl sites for hydroxylation is 1. The molecule has 4 aromatic rings. The van der Waals surface area contributed by atoms with Gasteiger partial charge in [-0.15, -0.1) is 0 Å². The molecule has 2 atom stereocenters. The maximum Gasteiger partial charge on any atom is 0.221 e. The van der Waals surface area contributed by atoms with Crippen molar-refractivity contribution in [2.45, 2.75) is 36.1 Å². The minimum absolute atomic E-state index is 0.0646. The molecule has 1 aliphatic carbocycles. The third-order valence-electron chi connectivity index (χ3n) is 6.92. The van der Waals surface area contributed by atoms with Crippen LogP contribution in [0.4, 0.5) is 0 Å². The first-order valence-corrected chi connectivity index (χ1v) is 13.7. The van der Waals surface area contributed by atoms with Gasteiger partial charge in [0.2, 0.25) is 5.91 Å². The molecule has 0 spiro atoms. The van der Waals surface area contributed by atoms with Crippen LogP contribution in [-0.2, 0) is 21.1 Å². The number of sulfone groups is 1. The Hall–Kier alpha value is -3.77. The van der Waals surface area contributed by atoms with Crippen LogP contribution in [0.25, 0.3) is 10.8 Å². The molecule has 5 nitrogen and oxygen atoms in total. The average molecular weight is 498 g/mol. The van der Waals surface area contributed by atoms with E-state index in [4.69, 9.17) is 0 Å². The number of aldehydes is 1. The lowest BCUT2D eigenvalue weighted by atomic mass is 9.97. The minimum atomic E-state index is -3.64. The Morgan fingerprint density at radius 3 is 2.44 bits per heavy atom. The number of nitrogens with one attached hydrogen (secondary N) is 1. The van der Waals surface area contributed by atoms with E-state index in [-0.39, 0.29) is 29.0 Å². The molecule has 0 bridgehead atoms. The molecule has 0 saturated carbocycles. The lowest BCUT2D eigenvalue weighted by Gasteiger charge is -2.20. The highest BCUT2D eigenvalue weighted by molar-refractivity contribution is 7.91. The van der Waals surface area contributed by atoms with E-state index in [2.05, 4.69) is 5.32 Å². The molecule has 1 N–H and O–H groups in total. The standard InChI is InChI=1S/C30H27NO4S/c32-19-21-10-14-28-25(16-21)12-15-29(28)31-30(33)18-26(22-6-2-1-3-7-22)20-36(34,35)27-13-11-23-8-4-5-9-24(23)17-27/h1-11,13-14,16-17,19,26,29H,12,15,18,20H2,(H,31,33). The molecule has 0 heterocycles. The van der Waals surface area contributed by atoms with E-state index in [1.807, 2.05) is 72.8 Å². The van der Waals surface area contributed by atoms with Gasteiger partial charge in [-0.3, -0.25) is 9.59 Å². The first-order valence-electron chi connectivity index (χ1n) is 12.1. The topological polar surface area (TPSA) is 80.3 Å². The number of hydrogen-bond donors (Lipinski definition) is 1. The van der Waals surface area contributed by atoms with Gasteiger partial charge in [0.25, 0.3) is 0 Å². The van der Waals surface area contributed by atoms with Crippen molar-refractivity contribution in [3.8, 4) is 0 Å². The van der Waals surface area contributed by atoms with Gasteiger partial charge in [0.15, 0.2) is 9.84 Å². The van der Waals surface area contributed by atoms with Crippen LogP contribution in [0.3, 0.4) is 0 Å². The first kappa shape index (κ1) is 23.9. The van der Waals surface area contributed by atoms with Gasteiger partial charge >= 0.3 is 0 Å². The zero-order chi connectivity index (χ0) is 25.1. The van der Waals surface area contributed by atoms with Gasteiger partial charge in [0, 0.05) is 17.9 Å². The van der Waals surface area contributed by atoms with Crippen molar-refractivity contribution in [1.29, 1.82) is 0 Å². The third-order valence-corrected chi connectivity index (χ3v) is 8.73. The Morgan fingerprint density at radius 1 is 0.917 bits per heavy atom. The Bertz CT molecular complexity index is 1530. The highest BCUT2D eigenvalue weighted by atomic mass is 32.2. The molecule has 5 rings (SSSR count). The van der Waals surface area contributed by atoms with E-state index >= 15 is 0 Å². The number of fused-ring (bicyclic) bond motifs is 2. The van der Waals surface area contributed by atoms with Crippen molar-refractivity contribution < 1.29 is 18.0 Å². The zero-order valence-electron chi connectivity index (χ0n) is 19.8. The molecule has 6 heteroatoms. The zero-order valence-corrected chi connectivity index (χ0v) is 20.6. The molecule has 0 fully saturated rings. The Balaban J connectivity index is 1.36. The van der Waals surface area contributed by atoms with E-state index in [0.29, 0.717) is 5.56 Å². The summed E-state index contributed by atoms with van der Waals surface area (Å²) in [5.74, 6) is -0.830. The second kappa shape index (κ2) is 10.1. The Morgan fingerprint density at radius 2 is 1.67 bits per heavy atom. The summed E-state index contributed by atoms with van der Waals surface area (Å²) in [5.41, 5.74) is 3.54. The van der Waals surface area contributed by atoms with Crippen LogP contribution in [-0.4, -0.2) is 26.4 Å². The lowest BCUT2D eigenvalue weighted by Crippen LogP contribution is -2.30. The third kappa shape index (κ3) is 5.09. The minimum Gasteiger partial charge on any atom is -0.349 e. The molecule has 0 saturated heterocycles. The fourth-order valence-corrected chi connectivity index (χ4v) is 6.67. The van der Waals surface area contributed by atoms with E-state index in [1.165, 1.54) is 0 Å². The summed E-state index contributed by atoms with van der Waals surface area (Å²) in [5, 5.41) is 4.95. The van der Waals surface area contributed by atoms with Gasteiger partial charge in [-0.25, -0.2) is 8.42 Å². The summed E-state index contributed by atoms with van der Waals surface area (Å²) in [6.45, 7) is 0. The number of benzene rings is 4. The van der Waals surface area contributed by atoms with Gasteiger partial charge in [0.1, 0.15) is 6.29 Å². The van der Waals surface area contributed by atoms with E-state index < -0.39 is 15.8 Å². The smallest absolute Gasteiger partial charge is 0.221 e. The van der Waals surface area contributed by atoms with Gasteiger partial charge < -0.3 is 5.32 Å². The Labute approximate surface area is 211 Å². The number of carbonyl (C=O) groups is 2. The van der Waals surface area contributed by atoms with Crippen LogP contribution in [0.2, 0.25) is 0 Å². The summed E-state index contributed by atoms with van der Waals surface area (Å²) in [6.07, 6.45) is 2.44. The maximum atomic E-state index is 13.4. The summed E-state index contributed by atoms with van der Waals surface area (Å²) < 4.78 is 26.9. The summed E-state index contributed by atoms with van der Waals surface area (Å²) >= 11 is 0. The van der Waals surface area contributed by atoms with Gasteiger partial charge in [-0.05, 0) is 58.5 Å². The second-order valence-corrected chi connectivity index (χ2v) is 11.4. The van der Waals surface area contributed by atoms with Crippen molar-refractivity contribution in [1.82, 2.24) is 5.32 Å². The normalized spacial score (nSPS) is 15.8. The number of carbonyl (C=O) groups excluding carboxylic acids is 2. The molecule has 182 valence electrons. The lowest BCUT2D eigenvalue weighted by molar-refractivity contribution is -0.122. The molecular weight excluding hydrogens is 470 g/mol. The monoisotopic (exact) mass is 497 g/mol. The van der Waals surface area contributed by atoms with Crippen molar-refractivity contribution >= 4 is 32.8 Å². The molecule has 1 amide bonds. The largest absolute Gasteiger partial charge is 0.349 e. The van der Waals surface area contributed by atoms with E-state index in [9.17, 15) is 18.0 Å². The van der Waals surface area contributed by atoms with Crippen molar-refractivity contribution in [3.63, 3.8) is 0 Å². The van der Waals surface area contributed by atoms with Crippen molar-refractivity contribution in [2.75, 3.05) is 5.75 Å².